The maximum atomic E-state index is 2.47. The van der Waals surface area contributed by atoms with Gasteiger partial charge in [-0.2, -0.15) is 0 Å². The summed E-state index contributed by atoms with van der Waals surface area (Å²) in [5.74, 6) is 0. The van der Waals surface area contributed by atoms with E-state index in [-0.39, 0.29) is 5.41 Å². The Morgan fingerprint density at radius 2 is 1.09 bits per heavy atom. The molecular formula is C44H34. The summed E-state index contributed by atoms with van der Waals surface area (Å²) >= 11 is 0. The van der Waals surface area contributed by atoms with Crippen LogP contribution in [0.15, 0.2) is 151 Å². The van der Waals surface area contributed by atoms with Crippen molar-refractivity contribution in [3.05, 3.63) is 184 Å². The first kappa shape index (κ1) is 26.4. The van der Waals surface area contributed by atoms with Gasteiger partial charge in [0, 0.05) is 0 Å². The molecule has 0 heterocycles. The Labute approximate surface area is 260 Å². The van der Waals surface area contributed by atoms with Gasteiger partial charge in [-0.1, -0.05) is 139 Å². The topological polar surface area (TPSA) is 0 Å². The summed E-state index contributed by atoms with van der Waals surface area (Å²) in [4.78, 5) is 0. The second-order valence-electron chi connectivity index (χ2n) is 12.4. The van der Waals surface area contributed by atoms with Crippen LogP contribution in [0.1, 0.15) is 54.2 Å². The van der Waals surface area contributed by atoms with E-state index in [4.69, 9.17) is 0 Å². The van der Waals surface area contributed by atoms with E-state index < -0.39 is 0 Å². The van der Waals surface area contributed by atoms with Crippen LogP contribution in [0.5, 0.6) is 0 Å². The molecule has 0 nitrogen and oxygen atoms in total. The van der Waals surface area contributed by atoms with E-state index in [0.29, 0.717) is 0 Å². The number of allylic oxidation sites excluding steroid dienone is 4. The average Bonchev–Trinajstić information content (AvgIpc) is 3.49. The summed E-state index contributed by atoms with van der Waals surface area (Å²) < 4.78 is 0. The van der Waals surface area contributed by atoms with Crippen LogP contribution in [-0.2, 0) is 5.41 Å². The van der Waals surface area contributed by atoms with Crippen LogP contribution in [0, 0.1) is 0 Å². The first-order chi connectivity index (χ1) is 21.5. The third-order valence-electron chi connectivity index (χ3n) is 9.49. The van der Waals surface area contributed by atoms with Gasteiger partial charge in [0.25, 0.3) is 0 Å². The van der Waals surface area contributed by atoms with Crippen LogP contribution >= 0.6 is 0 Å². The minimum Gasteiger partial charge on any atom is -0.0761 e. The van der Waals surface area contributed by atoms with Gasteiger partial charge in [-0.3, -0.25) is 0 Å². The normalized spacial score (nSPS) is 14.2. The van der Waals surface area contributed by atoms with Gasteiger partial charge in [0.15, 0.2) is 0 Å². The fraction of sp³-hybridized carbons (Fsp3) is 0.0909. The molecule has 0 amide bonds. The second kappa shape index (κ2) is 10.2. The van der Waals surface area contributed by atoms with Crippen LogP contribution < -0.4 is 0 Å². The average molecular weight is 563 g/mol. The Morgan fingerprint density at radius 3 is 1.82 bits per heavy atom. The molecule has 0 fully saturated rings. The SMILES string of the molecule is CC(C)=CC1=C(C)c2ccc(-c3ccc4cc(/C=C/c5ccccc5)ccc4c3)cc2C12c1ccccc1-c1ccccc12. The number of benzene rings is 6. The van der Waals surface area contributed by atoms with E-state index in [1.165, 1.54) is 83.1 Å². The van der Waals surface area contributed by atoms with Gasteiger partial charge in [0.2, 0.25) is 0 Å². The van der Waals surface area contributed by atoms with Crippen molar-refractivity contribution in [3.8, 4) is 22.3 Å². The first-order valence-electron chi connectivity index (χ1n) is 15.5. The fourth-order valence-corrected chi connectivity index (χ4v) is 7.56. The van der Waals surface area contributed by atoms with Crippen molar-refractivity contribution in [3.63, 3.8) is 0 Å². The molecule has 44 heavy (non-hydrogen) atoms. The quantitative estimate of drug-likeness (QED) is 0.187. The minimum absolute atomic E-state index is 0.323. The van der Waals surface area contributed by atoms with Crippen molar-refractivity contribution >= 4 is 28.5 Å². The molecule has 0 saturated carbocycles. The van der Waals surface area contributed by atoms with Gasteiger partial charge in [0.1, 0.15) is 0 Å². The van der Waals surface area contributed by atoms with E-state index in [1.807, 2.05) is 0 Å². The van der Waals surface area contributed by atoms with Crippen molar-refractivity contribution < 1.29 is 0 Å². The molecule has 0 radical (unpaired) electrons. The summed E-state index contributed by atoms with van der Waals surface area (Å²) in [7, 11) is 0. The molecule has 0 N–H and O–H groups in total. The van der Waals surface area contributed by atoms with E-state index in [1.54, 1.807) is 0 Å². The lowest BCUT2D eigenvalue weighted by Gasteiger charge is -2.32. The molecule has 0 aliphatic heterocycles. The molecule has 0 heteroatoms. The molecule has 0 bridgehead atoms. The van der Waals surface area contributed by atoms with Gasteiger partial charge in [-0.05, 0) is 117 Å². The molecule has 210 valence electrons. The molecule has 0 saturated heterocycles. The molecule has 0 aromatic heterocycles. The summed E-state index contributed by atoms with van der Waals surface area (Å²) in [5.41, 5.74) is 16.9. The second-order valence-corrected chi connectivity index (χ2v) is 12.4. The Morgan fingerprint density at radius 1 is 0.500 bits per heavy atom. The monoisotopic (exact) mass is 562 g/mol. The van der Waals surface area contributed by atoms with Crippen LogP contribution in [0.4, 0.5) is 0 Å². The predicted molar refractivity (Wildman–Crippen MR) is 189 cm³/mol. The molecule has 6 aromatic rings. The van der Waals surface area contributed by atoms with Crippen LogP contribution in [0.25, 0.3) is 50.8 Å². The molecule has 1 spiro atoms. The Hall–Kier alpha value is -5.20. The molecule has 0 unspecified atom stereocenters. The number of hydrogen-bond donors (Lipinski definition) is 0. The number of rotatable bonds is 4. The zero-order valence-corrected chi connectivity index (χ0v) is 25.4. The fourth-order valence-electron chi connectivity index (χ4n) is 7.56. The Balaban J connectivity index is 1.27. The Kier molecular flexibility index (Phi) is 6.13. The number of hydrogen-bond acceptors (Lipinski definition) is 0. The van der Waals surface area contributed by atoms with Crippen molar-refractivity contribution in [2.24, 2.45) is 0 Å². The van der Waals surface area contributed by atoms with Gasteiger partial charge in [-0.25, -0.2) is 0 Å². The molecule has 2 aliphatic rings. The van der Waals surface area contributed by atoms with E-state index in [0.717, 1.165) is 0 Å². The third-order valence-corrected chi connectivity index (χ3v) is 9.49. The van der Waals surface area contributed by atoms with Crippen LogP contribution in [0.2, 0.25) is 0 Å². The van der Waals surface area contributed by atoms with E-state index >= 15 is 0 Å². The first-order valence-corrected chi connectivity index (χ1v) is 15.5. The molecular weight excluding hydrogens is 528 g/mol. The lowest BCUT2D eigenvalue weighted by molar-refractivity contribution is 0.784. The Bertz CT molecular complexity index is 2140. The zero-order valence-electron chi connectivity index (χ0n) is 25.4. The van der Waals surface area contributed by atoms with Crippen molar-refractivity contribution in [1.29, 1.82) is 0 Å². The highest BCUT2D eigenvalue weighted by Gasteiger charge is 2.51. The molecule has 8 rings (SSSR count). The number of fused-ring (bicyclic) bond motifs is 8. The standard InChI is InChI=1S/C44H34/c1-29(2)25-42-30(3)37-24-23-36(28-43(37)44(42)40-15-9-7-13-38(40)39-14-8-10-16-41(39)44)35-22-21-33-26-32(19-20-34(33)27-35)18-17-31-11-5-4-6-12-31/h4-28H,1-3H3/b18-17+. The highest BCUT2D eigenvalue weighted by atomic mass is 14.5. The lowest BCUT2D eigenvalue weighted by Crippen LogP contribution is -2.27. The smallest absolute Gasteiger partial charge is 0.0722 e. The summed E-state index contributed by atoms with van der Waals surface area (Å²) in [5, 5.41) is 2.51. The highest BCUT2D eigenvalue weighted by Crippen LogP contribution is 2.62. The third kappa shape index (κ3) is 3.98. The van der Waals surface area contributed by atoms with Crippen molar-refractivity contribution in [2.75, 3.05) is 0 Å². The summed E-state index contributed by atoms with van der Waals surface area (Å²) in [6.07, 6.45) is 6.79. The summed E-state index contributed by atoms with van der Waals surface area (Å²) in [6, 6.07) is 49.3. The van der Waals surface area contributed by atoms with E-state index in [9.17, 15) is 0 Å². The van der Waals surface area contributed by atoms with Gasteiger partial charge in [0.05, 0.1) is 5.41 Å². The van der Waals surface area contributed by atoms with Gasteiger partial charge >= 0.3 is 0 Å². The predicted octanol–water partition coefficient (Wildman–Crippen LogP) is 11.7. The van der Waals surface area contributed by atoms with Gasteiger partial charge in [-0.15, -0.1) is 0 Å². The highest BCUT2D eigenvalue weighted by molar-refractivity contribution is 5.96. The molecule has 0 atom stereocenters. The van der Waals surface area contributed by atoms with Crippen LogP contribution in [0.3, 0.4) is 0 Å². The largest absolute Gasteiger partial charge is 0.0761 e. The summed E-state index contributed by atoms with van der Waals surface area (Å²) in [6.45, 7) is 6.74. The van der Waals surface area contributed by atoms with Gasteiger partial charge < -0.3 is 0 Å². The molecule has 6 aromatic carbocycles. The van der Waals surface area contributed by atoms with E-state index in [2.05, 4.69) is 172 Å². The maximum Gasteiger partial charge on any atom is 0.0722 e. The lowest BCUT2D eigenvalue weighted by atomic mass is 9.69. The molecule has 2 aliphatic carbocycles. The van der Waals surface area contributed by atoms with Crippen molar-refractivity contribution in [1.82, 2.24) is 0 Å². The van der Waals surface area contributed by atoms with Crippen molar-refractivity contribution in [2.45, 2.75) is 26.2 Å². The zero-order chi connectivity index (χ0) is 29.8. The maximum absolute atomic E-state index is 2.47. The minimum atomic E-state index is -0.323. The van der Waals surface area contributed by atoms with Crippen LogP contribution in [-0.4, -0.2) is 0 Å².